The molecule has 0 bridgehead atoms. The molecule has 0 aliphatic rings. The smallest absolute Gasteiger partial charge is 0.208 e. The lowest BCUT2D eigenvalue weighted by Crippen LogP contribution is -2.29. The Kier molecular flexibility index (Phi) is 4.31. The van der Waals surface area contributed by atoms with Gasteiger partial charge in [0.2, 0.25) is 6.85 Å². The lowest BCUT2D eigenvalue weighted by Gasteiger charge is -2.03. The monoisotopic (exact) mass is 97.1 g/mol. The van der Waals surface area contributed by atoms with Crippen LogP contribution in [0.1, 0.15) is 13.8 Å². The Balaban J connectivity index is 2.99. The fraction of sp³-hybridized carbons (Fsp3) is 1.00. The maximum absolute atomic E-state index is 3.20. The van der Waals surface area contributed by atoms with E-state index in [9.17, 15) is 0 Å². The third-order valence-electron chi connectivity index (χ3n) is 1.39. The minimum Gasteiger partial charge on any atom is -0.404 e. The van der Waals surface area contributed by atoms with E-state index in [2.05, 4.69) is 19.0 Å². The van der Waals surface area contributed by atoms with E-state index in [1.165, 1.54) is 12.6 Å². The summed E-state index contributed by atoms with van der Waals surface area (Å²) in [5.41, 5.74) is 0. The molecule has 0 radical (unpaired) electrons. The summed E-state index contributed by atoms with van der Waals surface area (Å²) in [4.78, 5) is 0. The predicted octanol–water partition coefficient (Wildman–Crippen LogP) is 0.155. The van der Waals surface area contributed by atoms with Crippen LogP contribution in [-0.2, 0) is 0 Å². The summed E-state index contributed by atoms with van der Waals surface area (Å²) in [5, 5.41) is 3.20. The number of nitrogens with one attached hydrogen (secondary N) is 1. The van der Waals surface area contributed by atoms with E-state index in [4.69, 9.17) is 0 Å². The number of hydrogen-bond donors (Lipinski definition) is 1. The van der Waals surface area contributed by atoms with Gasteiger partial charge in [0.15, 0.2) is 7.98 Å². The maximum Gasteiger partial charge on any atom is 0.208 e. The van der Waals surface area contributed by atoms with Crippen LogP contribution in [0.15, 0.2) is 0 Å². The molecule has 40 valence electrons. The molecule has 0 spiro atoms. The summed E-state index contributed by atoms with van der Waals surface area (Å²) >= 11 is 0. The highest BCUT2D eigenvalue weighted by Crippen LogP contribution is 1.89. The van der Waals surface area contributed by atoms with E-state index < -0.39 is 0 Å². The maximum atomic E-state index is 3.20. The molecule has 0 amide bonds. The summed E-state index contributed by atoms with van der Waals surface area (Å²) in [6.07, 6.45) is 2.49. The molecule has 0 aliphatic heterocycles. The lowest BCUT2D eigenvalue weighted by molar-refractivity contribution is 1.25. The second-order valence-electron chi connectivity index (χ2n) is 1.80. The van der Waals surface area contributed by atoms with Gasteiger partial charge < -0.3 is 5.14 Å². The minimum atomic E-state index is 0.736. The highest BCUT2D eigenvalue weighted by molar-refractivity contribution is 6.61. The molecule has 0 fully saturated rings. The van der Waals surface area contributed by atoms with E-state index in [1.807, 2.05) is 7.98 Å². The standard InChI is InChI=1S/C4H13B2N/c1-3-6(4-2)7-5/h7H,3-5H2,1-2H3. The second kappa shape index (κ2) is 4.25. The molecule has 0 saturated carbocycles. The first-order chi connectivity index (χ1) is 3.35. The molecule has 3 heteroatoms. The van der Waals surface area contributed by atoms with Crippen LogP contribution in [0.4, 0.5) is 0 Å². The van der Waals surface area contributed by atoms with Gasteiger partial charge in [-0.2, -0.15) is 0 Å². The van der Waals surface area contributed by atoms with Gasteiger partial charge >= 0.3 is 0 Å². The average Bonchev–Trinajstić information content (AvgIpc) is 1.72. The predicted molar refractivity (Wildman–Crippen MR) is 38.4 cm³/mol. The molecule has 1 N–H and O–H groups in total. The van der Waals surface area contributed by atoms with Gasteiger partial charge in [0.25, 0.3) is 0 Å². The molecule has 0 atom stereocenters. The molecule has 1 nitrogen and oxygen atoms in total. The molecule has 0 aromatic carbocycles. The Hall–Kier alpha value is 0.0899. The van der Waals surface area contributed by atoms with Crippen molar-refractivity contribution in [3.8, 4) is 0 Å². The fourth-order valence-electron chi connectivity index (χ4n) is 0.697. The fourth-order valence-corrected chi connectivity index (χ4v) is 0.697. The summed E-state index contributed by atoms with van der Waals surface area (Å²) in [7, 11) is 2.01. The SMILES string of the molecule is BNB(CC)CC. The third kappa shape index (κ3) is 2.75. The van der Waals surface area contributed by atoms with E-state index in [0.29, 0.717) is 0 Å². The van der Waals surface area contributed by atoms with Crippen molar-refractivity contribution in [1.29, 1.82) is 0 Å². The zero-order valence-electron chi connectivity index (χ0n) is 5.49. The molecule has 0 unspecified atom stereocenters. The van der Waals surface area contributed by atoms with Gasteiger partial charge in [0.05, 0.1) is 0 Å². The Bertz CT molecular complexity index is 31.2. The van der Waals surface area contributed by atoms with E-state index >= 15 is 0 Å². The van der Waals surface area contributed by atoms with Crippen LogP contribution in [0, 0.1) is 0 Å². The van der Waals surface area contributed by atoms with Crippen molar-refractivity contribution < 1.29 is 0 Å². The van der Waals surface area contributed by atoms with Crippen molar-refractivity contribution in [3.63, 3.8) is 0 Å². The highest BCUT2D eigenvalue weighted by atomic mass is 14.6. The number of rotatable bonds is 3. The first-order valence-corrected chi connectivity index (χ1v) is 3.02. The van der Waals surface area contributed by atoms with Crippen LogP contribution in [-0.4, -0.2) is 14.8 Å². The molecular weight excluding hydrogens is 83.7 g/mol. The number of hydrogen-bond acceptors (Lipinski definition) is 1. The molecule has 0 heterocycles. The van der Waals surface area contributed by atoms with Crippen molar-refractivity contribution in [1.82, 2.24) is 5.14 Å². The summed E-state index contributed by atoms with van der Waals surface area (Å²) < 4.78 is 0. The molecular formula is C4H13B2N. The van der Waals surface area contributed by atoms with Crippen LogP contribution in [0.25, 0.3) is 0 Å². The van der Waals surface area contributed by atoms with Crippen LogP contribution < -0.4 is 5.14 Å². The van der Waals surface area contributed by atoms with Gasteiger partial charge in [-0.3, -0.25) is 0 Å². The van der Waals surface area contributed by atoms with E-state index in [0.717, 1.165) is 6.85 Å². The van der Waals surface area contributed by atoms with Gasteiger partial charge in [0, 0.05) is 0 Å². The van der Waals surface area contributed by atoms with Gasteiger partial charge in [-0.05, 0) is 0 Å². The zero-order valence-corrected chi connectivity index (χ0v) is 5.49. The van der Waals surface area contributed by atoms with E-state index in [1.54, 1.807) is 0 Å². The van der Waals surface area contributed by atoms with Crippen molar-refractivity contribution in [2.75, 3.05) is 0 Å². The summed E-state index contributed by atoms with van der Waals surface area (Å²) in [6.45, 7) is 5.13. The highest BCUT2D eigenvalue weighted by Gasteiger charge is 2.01. The average molecular weight is 96.8 g/mol. The molecule has 0 saturated heterocycles. The zero-order chi connectivity index (χ0) is 5.70. The van der Waals surface area contributed by atoms with Crippen molar-refractivity contribution in [2.45, 2.75) is 26.5 Å². The quantitative estimate of drug-likeness (QED) is 0.494. The first-order valence-electron chi connectivity index (χ1n) is 3.02. The third-order valence-corrected chi connectivity index (χ3v) is 1.39. The first kappa shape index (κ1) is 7.09. The Morgan fingerprint density at radius 3 is 1.86 bits per heavy atom. The van der Waals surface area contributed by atoms with Crippen LogP contribution in [0.2, 0.25) is 12.6 Å². The van der Waals surface area contributed by atoms with Gasteiger partial charge in [-0.15, -0.1) is 0 Å². The summed E-state index contributed by atoms with van der Waals surface area (Å²) in [6, 6.07) is 0. The van der Waals surface area contributed by atoms with Gasteiger partial charge in [-0.1, -0.05) is 26.5 Å². The van der Waals surface area contributed by atoms with Crippen LogP contribution in [0.3, 0.4) is 0 Å². The largest absolute Gasteiger partial charge is 0.404 e. The molecule has 7 heavy (non-hydrogen) atoms. The Morgan fingerprint density at radius 2 is 1.86 bits per heavy atom. The lowest BCUT2D eigenvalue weighted by atomic mass is 9.56. The topological polar surface area (TPSA) is 12.0 Å². The Labute approximate surface area is 47.4 Å². The van der Waals surface area contributed by atoms with Crippen molar-refractivity contribution >= 4 is 14.8 Å². The van der Waals surface area contributed by atoms with E-state index in [-0.39, 0.29) is 0 Å². The second-order valence-corrected chi connectivity index (χ2v) is 1.80. The molecule has 0 aromatic heterocycles. The van der Waals surface area contributed by atoms with Gasteiger partial charge in [0.1, 0.15) is 0 Å². The van der Waals surface area contributed by atoms with Crippen molar-refractivity contribution in [2.24, 2.45) is 0 Å². The summed E-state index contributed by atoms with van der Waals surface area (Å²) in [5.74, 6) is 0. The Morgan fingerprint density at radius 1 is 1.43 bits per heavy atom. The van der Waals surface area contributed by atoms with Crippen molar-refractivity contribution in [3.05, 3.63) is 0 Å². The van der Waals surface area contributed by atoms with Crippen LogP contribution >= 0.6 is 0 Å². The minimum absolute atomic E-state index is 0.736. The molecule has 0 aromatic rings. The molecule has 0 aliphatic carbocycles. The van der Waals surface area contributed by atoms with Crippen LogP contribution in [0.5, 0.6) is 0 Å². The molecule has 0 rings (SSSR count). The van der Waals surface area contributed by atoms with Gasteiger partial charge in [-0.25, -0.2) is 0 Å². The normalized spacial score (nSPS) is 8.86.